The van der Waals surface area contributed by atoms with Crippen molar-refractivity contribution in [2.24, 2.45) is 0 Å². The molecule has 0 radical (unpaired) electrons. The van der Waals surface area contributed by atoms with E-state index in [4.69, 9.17) is 4.74 Å². The molecular formula is C15H16N2O4. The summed E-state index contributed by atoms with van der Waals surface area (Å²) in [7, 11) is 1.24. The van der Waals surface area contributed by atoms with Crippen molar-refractivity contribution in [3.8, 4) is 5.69 Å². The van der Waals surface area contributed by atoms with Crippen molar-refractivity contribution in [3.05, 3.63) is 47.3 Å². The second-order valence-corrected chi connectivity index (χ2v) is 4.45. The third-order valence-electron chi connectivity index (χ3n) is 3.04. The second kappa shape index (κ2) is 6.21. The van der Waals surface area contributed by atoms with Crippen molar-refractivity contribution in [2.75, 3.05) is 13.7 Å². The summed E-state index contributed by atoms with van der Waals surface area (Å²) in [6, 6.07) is 9.47. The molecule has 0 saturated heterocycles. The Morgan fingerprint density at radius 3 is 2.48 bits per heavy atom. The molecule has 1 aromatic heterocycles. The summed E-state index contributed by atoms with van der Waals surface area (Å²) in [5.41, 5.74) is 2.42. The van der Waals surface area contributed by atoms with E-state index in [9.17, 15) is 9.59 Å². The van der Waals surface area contributed by atoms with Crippen LogP contribution in [0.15, 0.2) is 30.3 Å². The molecular weight excluding hydrogens is 272 g/mol. The van der Waals surface area contributed by atoms with Crippen molar-refractivity contribution in [1.82, 2.24) is 9.78 Å². The van der Waals surface area contributed by atoms with Crippen LogP contribution in [-0.2, 0) is 14.3 Å². The molecule has 0 aliphatic carbocycles. The number of hydrogen-bond donors (Lipinski definition) is 0. The van der Waals surface area contributed by atoms with Gasteiger partial charge in [0.05, 0.1) is 24.2 Å². The number of carbonyl (C=O) groups excluding carboxylic acids is 2. The van der Waals surface area contributed by atoms with E-state index >= 15 is 0 Å². The highest BCUT2D eigenvalue weighted by molar-refractivity contribution is 5.93. The van der Waals surface area contributed by atoms with E-state index in [-0.39, 0.29) is 0 Å². The zero-order chi connectivity index (χ0) is 15.4. The van der Waals surface area contributed by atoms with Crippen LogP contribution in [0, 0.1) is 13.8 Å². The van der Waals surface area contributed by atoms with Gasteiger partial charge in [-0.25, -0.2) is 14.3 Å². The van der Waals surface area contributed by atoms with Gasteiger partial charge in [0.2, 0.25) is 0 Å². The van der Waals surface area contributed by atoms with Crippen molar-refractivity contribution in [3.63, 3.8) is 0 Å². The maximum atomic E-state index is 12.1. The van der Waals surface area contributed by atoms with E-state index in [2.05, 4.69) is 9.84 Å². The number of carbonyl (C=O) groups is 2. The molecule has 2 rings (SSSR count). The Kier molecular flexibility index (Phi) is 4.37. The van der Waals surface area contributed by atoms with Crippen LogP contribution in [0.3, 0.4) is 0 Å². The topological polar surface area (TPSA) is 70.4 Å². The smallest absolute Gasteiger partial charge is 0.344 e. The van der Waals surface area contributed by atoms with Gasteiger partial charge in [-0.1, -0.05) is 18.2 Å². The van der Waals surface area contributed by atoms with E-state index in [1.165, 1.54) is 7.11 Å². The largest absolute Gasteiger partial charge is 0.466 e. The Bertz CT molecular complexity index is 662. The first kappa shape index (κ1) is 14.8. The normalized spacial score (nSPS) is 10.2. The first-order valence-corrected chi connectivity index (χ1v) is 6.40. The third-order valence-corrected chi connectivity index (χ3v) is 3.04. The first-order chi connectivity index (χ1) is 10.0. The number of hydrogen-bond acceptors (Lipinski definition) is 5. The Hall–Kier alpha value is -2.63. The van der Waals surface area contributed by atoms with Gasteiger partial charge in [0.25, 0.3) is 0 Å². The van der Waals surface area contributed by atoms with Gasteiger partial charge in [-0.05, 0) is 26.0 Å². The van der Waals surface area contributed by atoms with Crippen LogP contribution >= 0.6 is 0 Å². The minimum absolute atomic E-state index is 0.364. The van der Waals surface area contributed by atoms with Crippen LogP contribution in [0.2, 0.25) is 0 Å². The van der Waals surface area contributed by atoms with Crippen molar-refractivity contribution < 1.29 is 19.1 Å². The fraction of sp³-hybridized carbons (Fsp3) is 0.267. The van der Waals surface area contributed by atoms with Crippen molar-refractivity contribution >= 4 is 11.9 Å². The molecule has 0 atom stereocenters. The zero-order valence-corrected chi connectivity index (χ0v) is 12.1. The van der Waals surface area contributed by atoms with Gasteiger partial charge in [-0.3, -0.25) is 0 Å². The van der Waals surface area contributed by atoms with Crippen molar-refractivity contribution in [1.29, 1.82) is 0 Å². The van der Waals surface area contributed by atoms with Gasteiger partial charge in [-0.15, -0.1) is 0 Å². The number of esters is 2. The van der Waals surface area contributed by atoms with Gasteiger partial charge in [0.1, 0.15) is 5.56 Å². The Balaban J connectivity index is 2.27. The Morgan fingerprint density at radius 2 is 1.86 bits per heavy atom. The quantitative estimate of drug-likeness (QED) is 0.803. The average Bonchev–Trinajstić information content (AvgIpc) is 2.80. The molecule has 0 bridgehead atoms. The lowest BCUT2D eigenvalue weighted by atomic mass is 10.2. The van der Waals surface area contributed by atoms with E-state index in [1.54, 1.807) is 18.5 Å². The summed E-state index contributed by atoms with van der Waals surface area (Å²) < 4.78 is 11.0. The first-order valence-electron chi connectivity index (χ1n) is 6.40. The van der Waals surface area contributed by atoms with Crippen LogP contribution in [0.25, 0.3) is 5.69 Å². The van der Waals surface area contributed by atoms with E-state index < -0.39 is 18.5 Å². The van der Waals surface area contributed by atoms with Crippen LogP contribution < -0.4 is 0 Å². The molecule has 6 heteroatoms. The molecule has 6 nitrogen and oxygen atoms in total. The SMILES string of the molecule is COC(=O)COC(=O)c1c(C)nn(-c2ccccc2)c1C. The molecule has 110 valence electrons. The second-order valence-electron chi connectivity index (χ2n) is 4.45. The van der Waals surface area contributed by atoms with Gasteiger partial charge < -0.3 is 9.47 Å². The number of rotatable bonds is 4. The summed E-state index contributed by atoms with van der Waals surface area (Å²) in [4.78, 5) is 23.1. The number of aromatic nitrogens is 2. The zero-order valence-electron chi connectivity index (χ0n) is 12.1. The van der Waals surface area contributed by atoms with Crippen molar-refractivity contribution in [2.45, 2.75) is 13.8 Å². The van der Waals surface area contributed by atoms with Crippen LogP contribution in [0.1, 0.15) is 21.7 Å². The maximum absolute atomic E-state index is 12.1. The van der Waals surface area contributed by atoms with Crippen LogP contribution in [-0.4, -0.2) is 35.4 Å². The molecule has 0 amide bonds. The highest BCUT2D eigenvalue weighted by Gasteiger charge is 2.21. The lowest BCUT2D eigenvalue weighted by Gasteiger charge is -2.05. The molecule has 21 heavy (non-hydrogen) atoms. The number of ether oxygens (including phenoxy) is 2. The molecule has 0 saturated carbocycles. The monoisotopic (exact) mass is 288 g/mol. The van der Waals surface area contributed by atoms with Gasteiger partial charge >= 0.3 is 11.9 Å². The maximum Gasteiger partial charge on any atom is 0.344 e. The van der Waals surface area contributed by atoms with Gasteiger partial charge in [0.15, 0.2) is 6.61 Å². The average molecular weight is 288 g/mol. The summed E-state index contributed by atoms with van der Waals surface area (Å²) >= 11 is 0. The molecule has 0 N–H and O–H groups in total. The number of aryl methyl sites for hydroxylation is 1. The third kappa shape index (κ3) is 3.10. The molecule has 1 heterocycles. The number of methoxy groups -OCH3 is 1. The van der Waals surface area contributed by atoms with Crippen LogP contribution in [0.5, 0.6) is 0 Å². The van der Waals surface area contributed by atoms with Gasteiger partial charge in [-0.2, -0.15) is 5.10 Å². The lowest BCUT2D eigenvalue weighted by Crippen LogP contribution is -2.16. The predicted molar refractivity (Wildman–Crippen MR) is 75.3 cm³/mol. The minimum atomic E-state index is -0.603. The predicted octanol–water partition coefficient (Wildman–Crippen LogP) is 1.82. The Morgan fingerprint density at radius 1 is 1.19 bits per heavy atom. The van der Waals surface area contributed by atoms with E-state index in [0.717, 1.165) is 5.69 Å². The fourth-order valence-corrected chi connectivity index (χ4v) is 2.01. The summed E-state index contributed by atoms with van der Waals surface area (Å²) in [6.07, 6.45) is 0. The number of para-hydroxylation sites is 1. The highest BCUT2D eigenvalue weighted by Crippen LogP contribution is 2.18. The summed E-state index contributed by atoms with van der Waals surface area (Å²) in [5, 5.41) is 4.35. The number of nitrogens with zero attached hydrogens (tertiary/aromatic N) is 2. The highest BCUT2D eigenvalue weighted by atomic mass is 16.6. The molecule has 0 spiro atoms. The Labute approximate surface area is 122 Å². The fourth-order valence-electron chi connectivity index (χ4n) is 2.01. The summed E-state index contributed by atoms with van der Waals surface area (Å²) in [6.45, 7) is 3.09. The minimum Gasteiger partial charge on any atom is -0.466 e. The van der Waals surface area contributed by atoms with E-state index in [0.29, 0.717) is 17.0 Å². The van der Waals surface area contributed by atoms with E-state index in [1.807, 2.05) is 30.3 Å². The molecule has 0 fully saturated rings. The molecule has 0 unspecified atom stereocenters. The van der Waals surface area contributed by atoms with Crippen LogP contribution in [0.4, 0.5) is 0 Å². The lowest BCUT2D eigenvalue weighted by molar-refractivity contribution is -0.144. The molecule has 1 aromatic carbocycles. The standard InChI is InChI=1S/C15H16N2O4/c1-10-14(15(19)21-9-13(18)20-3)11(2)17(16-10)12-7-5-4-6-8-12/h4-8H,9H2,1-3H3. The number of benzene rings is 1. The molecule has 0 aliphatic heterocycles. The molecule has 2 aromatic rings. The van der Waals surface area contributed by atoms with Gasteiger partial charge in [0, 0.05) is 0 Å². The molecule has 0 aliphatic rings. The summed E-state index contributed by atoms with van der Waals surface area (Å²) in [5.74, 6) is -1.19.